The maximum atomic E-state index is 12.6. The van der Waals surface area contributed by atoms with Gasteiger partial charge in [0.2, 0.25) is 5.43 Å². The highest BCUT2D eigenvalue weighted by Gasteiger charge is 2.30. The molecule has 3 aromatic heterocycles. The number of aromatic carboxylic acids is 1. The lowest BCUT2D eigenvalue weighted by Crippen LogP contribution is -2.24. The van der Waals surface area contributed by atoms with E-state index in [-0.39, 0.29) is 16.9 Å². The smallest absolute Gasteiger partial charge is 0.341 e. The van der Waals surface area contributed by atoms with Crippen molar-refractivity contribution in [1.82, 2.24) is 14.5 Å². The molecule has 1 aliphatic rings. The summed E-state index contributed by atoms with van der Waals surface area (Å²) in [6.45, 7) is 1.55. The maximum absolute atomic E-state index is 12.6. The van der Waals surface area contributed by atoms with Gasteiger partial charge in [0.25, 0.3) is 0 Å². The normalized spacial score (nSPS) is 17.9. The van der Waals surface area contributed by atoms with Crippen molar-refractivity contribution in [2.24, 2.45) is 16.8 Å². The quantitative estimate of drug-likeness (QED) is 0.589. The standard InChI is InChI=1S/C18H18N6O4S/c1-28-22-13-9-23(7-10(13)6-19)14-3-2-11-15(25)12(17(26)27)8-24(16(11)21-14)18-20-4-5-29-18/h2-5,8,10H,6-7,9,19H2,1H3,(H,26,27)/b22-13-. The van der Waals surface area contributed by atoms with Gasteiger partial charge >= 0.3 is 5.97 Å². The van der Waals surface area contributed by atoms with Crippen LogP contribution in [-0.2, 0) is 4.84 Å². The van der Waals surface area contributed by atoms with Crippen molar-refractivity contribution in [2.45, 2.75) is 0 Å². The molecule has 4 heterocycles. The molecule has 0 aliphatic carbocycles. The highest BCUT2D eigenvalue weighted by molar-refractivity contribution is 7.12. The van der Waals surface area contributed by atoms with Crippen molar-refractivity contribution in [3.05, 3.63) is 45.7 Å². The average molecular weight is 414 g/mol. The van der Waals surface area contributed by atoms with E-state index in [9.17, 15) is 14.7 Å². The molecule has 1 saturated heterocycles. The Bertz CT molecular complexity index is 1160. The lowest BCUT2D eigenvalue weighted by Gasteiger charge is -2.18. The molecule has 1 unspecified atom stereocenters. The van der Waals surface area contributed by atoms with E-state index in [1.807, 2.05) is 4.90 Å². The van der Waals surface area contributed by atoms with E-state index >= 15 is 0 Å². The van der Waals surface area contributed by atoms with Crippen LogP contribution in [-0.4, -0.2) is 58.1 Å². The van der Waals surface area contributed by atoms with Gasteiger partial charge in [0.15, 0.2) is 10.8 Å². The molecule has 0 saturated carbocycles. The first kappa shape index (κ1) is 19.0. The summed E-state index contributed by atoms with van der Waals surface area (Å²) in [7, 11) is 1.49. The molecule has 10 nitrogen and oxygen atoms in total. The van der Waals surface area contributed by atoms with Crippen molar-refractivity contribution >= 4 is 39.9 Å². The van der Waals surface area contributed by atoms with Gasteiger partial charge in [-0.15, -0.1) is 11.3 Å². The van der Waals surface area contributed by atoms with Gasteiger partial charge in [-0.1, -0.05) is 5.16 Å². The molecule has 3 N–H and O–H groups in total. The number of anilines is 1. The number of oxime groups is 1. The number of carboxylic acid groups (broad SMARTS) is 1. The zero-order chi connectivity index (χ0) is 20.5. The van der Waals surface area contributed by atoms with Crippen molar-refractivity contribution in [3.8, 4) is 5.13 Å². The predicted octanol–water partition coefficient (Wildman–Crippen LogP) is 0.938. The molecule has 1 fully saturated rings. The number of nitrogens with two attached hydrogens (primary N) is 1. The number of carbonyl (C=O) groups is 1. The Hall–Kier alpha value is -3.31. The van der Waals surface area contributed by atoms with E-state index in [1.54, 1.807) is 23.7 Å². The molecule has 0 bridgehead atoms. The van der Waals surface area contributed by atoms with Gasteiger partial charge in [-0.2, -0.15) is 0 Å². The molecule has 0 radical (unpaired) electrons. The number of nitrogens with zero attached hydrogens (tertiary/aromatic N) is 5. The molecule has 1 atom stereocenters. The fraction of sp³-hybridized carbons (Fsp3) is 0.278. The minimum absolute atomic E-state index is 0.0444. The zero-order valence-corrected chi connectivity index (χ0v) is 16.3. The topological polar surface area (TPSA) is 136 Å². The molecule has 150 valence electrons. The van der Waals surface area contributed by atoms with Crippen LogP contribution in [0.15, 0.2) is 39.9 Å². The van der Waals surface area contributed by atoms with Crippen LogP contribution in [0.2, 0.25) is 0 Å². The molecule has 3 aromatic rings. The number of thiazole rings is 1. The first-order valence-electron chi connectivity index (χ1n) is 8.78. The lowest BCUT2D eigenvalue weighted by atomic mass is 10.1. The molecular formula is C18H18N6O4S. The number of carboxylic acids is 1. The molecule has 4 rings (SSSR count). The lowest BCUT2D eigenvalue weighted by molar-refractivity contribution is 0.0695. The Morgan fingerprint density at radius 2 is 2.31 bits per heavy atom. The second-order valence-corrected chi connectivity index (χ2v) is 7.35. The minimum Gasteiger partial charge on any atom is -0.477 e. The Labute approximate surface area is 168 Å². The Morgan fingerprint density at radius 1 is 1.48 bits per heavy atom. The van der Waals surface area contributed by atoms with Gasteiger partial charge in [0, 0.05) is 36.8 Å². The molecule has 0 amide bonds. The van der Waals surface area contributed by atoms with Gasteiger partial charge in [-0.05, 0) is 12.1 Å². The summed E-state index contributed by atoms with van der Waals surface area (Å²) in [6, 6.07) is 3.30. The van der Waals surface area contributed by atoms with E-state index in [0.717, 1.165) is 5.71 Å². The van der Waals surface area contributed by atoms with Crippen molar-refractivity contribution in [2.75, 3.05) is 31.6 Å². The van der Waals surface area contributed by atoms with Crippen LogP contribution in [0, 0.1) is 5.92 Å². The Morgan fingerprint density at radius 3 is 2.97 bits per heavy atom. The van der Waals surface area contributed by atoms with Crippen LogP contribution >= 0.6 is 11.3 Å². The van der Waals surface area contributed by atoms with Crippen molar-refractivity contribution in [1.29, 1.82) is 0 Å². The third-order valence-electron chi connectivity index (χ3n) is 4.77. The second-order valence-electron chi connectivity index (χ2n) is 6.48. The van der Waals surface area contributed by atoms with E-state index in [0.29, 0.717) is 36.2 Å². The van der Waals surface area contributed by atoms with Gasteiger partial charge < -0.3 is 20.6 Å². The number of hydrogen-bond donors (Lipinski definition) is 2. The third kappa shape index (κ3) is 3.34. The molecule has 1 aliphatic heterocycles. The number of hydrogen-bond acceptors (Lipinski definition) is 9. The number of pyridine rings is 2. The highest BCUT2D eigenvalue weighted by Crippen LogP contribution is 2.24. The van der Waals surface area contributed by atoms with Crippen molar-refractivity contribution in [3.63, 3.8) is 0 Å². The largest absolute Gasteiger partial charge is 0.477 e. The molecule has 11 heteroatoms. The van der Waals surface area contributed by atoms with Gasteiger partial charge in [-0.25, -0.2) is 14.8 Å². The maximum Gasteiger partial charge on any atom is 0.341 e. The predicted molar refractivity (Wildman–Crippen MR) is 109 cm³/mol. The number of aromatic nitrogens is 3. The molecule has 0 aromatic carbocycles. The third-order valence-corrected chi connectivity index (χ3v) is 5.54. The summed E-state index contributed by atoms with van der Waals surface area (Å²) in [5.74, 6) is -0.620. The molecule has 29 heavy (non-hydrogen) atoms. The number of rotatable bonds is 5. The van der Waals surface area contributed by atoms with E-state index in [2.05, 4.69) is 15.1 Å². The second kappa shape index (κ2) is 7.60. The van der Waals surface area contributed by atoms with Gasteiger partial charge in [0.05, 0.1) is 17.6 Å². The monoisotopic (exact) mass is 414 g/mol. The Kier molecular flexibility index (Phi) is 4.99. The van der Waals surface area contributed by atoms with Crippen molar-refractivity contribution < 1.29 is 14.7 Å². The average Bonchev–Trinajstić information content (AvgIpc) is 3.38. The zero-order valence-electron chi connectivity index (χ0n) is 15.5. The summed E-state index contributed by atoms with van der Waals surface area (Å²) < 4.78 is 1.54. The first-order chi connectivity index (χ1) is 14.0. The fourth-order valence-corrected chi connectivity index (χ4v) is 3.99. The van der Waals surface area contributed by atoms with E-state index in [4.69, 9.17) is 10.6 Å². The van der Waals surface area contributed by atoms with E-state index < -0.39 is 11.4 Å². The van der Waals surface area contributed by atoms with Crippen LogP contribution in [0.5, 0.6) is 0 Å². The van der Waals surface area contributed by atoms with Gasteiger partial charge in [0.1, 0.15) is 18.5 Å². The minimum atomic E-state index is -1.29. The summed E-state index contributed by atoms with van der Waals surface area (Å²) in [4.78, 5) is 40.0. The van der Waals surface area contributed by atoms with Gasteiger partial charge in [-0.3, -0.25) is 9.36 Å². The van der Waals surface area contributed by atoms with Crippen LogP contribution in [0.3, 0.4) is 0 Å². The summed E-state index contributed by atoms with van der Waals surface area (Å²) in [5.41, 5.74) is 6.10. The Balaban J connectivity index is 1.87. The number of fused-ring (bicyclic) bond motifs is 1. The van der Waals surface area contributed by atoms with Crippen LogP contribution < -0.4 is 16.1 Å². The van der Waals surface area contributed by atoms with Crippen LogP contribution in [0.1, 0.15) is 10.4 Å². The molecular weight excluding hydrogens is 396 g/mol. The SMILES string of the molecule is CO/N=C1/CN(c2ccc3c(=O)c(C(=O)O)cn(-c4nccs4)c3n2)CC1CN. The first-order valence-corrected chi connectivity index (χ1v) is 9.66. The molecule has 0 spiro atoms. The summed E-state index contributed by atoms with van der Waals surface area (Å²) >= 11 is 1.32. The van der Waals surface area contributed by atoms with Crippen LogP contribution in [0.4, 0.5) is 5.82 Å². The summed E-state index contributed by atoms with van der Waals surface area (Å²) in [6.07, 6.45) is 2.88. The van der Waals surface area contributed by atoms with E-state index in [1.165, 1.54) is 29.2 Å². The highest BCUT2D eigenvalue weighted by atomic mass is 32.1. The van der Waals surface area contributed by atoms with Crippen LogP contribution in [0.25, 0.3) is 16.2 Å². The summed E-state index contributed by atoms with van der Waals surface area (Å²) in [5, 5.41) is 16.0. The fourth-order valence-electron chi connectivity index (χ4n) is 3.37.